The molecule has 1 aliphatic rings. The van der Waals surface area contributed by atoms with Crippen LogP contribution in [-0.4, -0.2) is 46.5 Å². The lowest BCUT2D eigenvalue weighted by Gasteiger charge is -2.35. The van der Waals surface area contributed by atoms with Crippen molar-refractivity contribution in [2.24, 2.45) is 0 Å². The van der Waals surface area contributed by atoms with E-state index in [1.165, 1.54) is 0 Å². The van der Waals surface area contributed by atoms with Gasteiger partial charge in [-0.25, -0.2) is 0 Å². The molecule has 4 N–H and O–H groups in total. The highest BCUT2D eigenvalue weighted by molar-refractivity contribution is 6.30. The molecular weight excluding hydrogens is 246 g/mol. The molecule has 2 rings (SSSR count). The van der Waals surface area contributed by atoms with Crippen LogP contribution in [0.1, 0.15) is 0 Å². The minimum Gasteiger partial charge on any atom is -0.388 e. The Morgan fingerprint density at radius 2 is 1.76 bits per heavy atom. The second-order valence-corrected chi connectivity index (χ2v) is 4.39. The highest BCUT2D eigenvalue weighted by atomic mass is 35.5. The third kappa shape index (κ3) is 2.88. The number of ether oxygens (including phenoxy) is 1. The summed E-state index contributed by atoms with van der Waals surface area (Å²) in [7, 11) is 0. The van der Waals surface area contributed by atoms with Crippen LogP contribution in [0.2, 0.25) is 5.02 Å². The first-order valence-electron chi connectivity index (χ1n) is 5.26. The molecule has 94 valence electrons. The van der Waals surface area contributed by atoms with Crippen LogP contribution in [0.4, 0.5) is 5.69 Å². The molecule has 17 heavy (non-hydrogen) atoms. The van der Waals surface area contributed by atoms with Crippen molar-refractivity contribution in [3.05, 3.63) is 29.3 Å². The Morgan fingerprint density at radius 1 is 1.12 bits per heavy atom. The Hall–Kier alpha value is -0.850. The third-order valence-electron chi connectivity index (χ3n) is 2.65. The second-order valence-electron chi connectivity index (χ2n) is 3.95. The van der Waals surface area contributed by atoms with Crippen LogP contribution in [0.5, 0.6) is 0 Å². The van der Waals surface area contributed by atoms with Gasteiger partial charge in [-0.3, -0.25) is 0 Å². The summed E-state index contributed by atoms with van der Waals surface area (Å²) in [6.45, 7) is -0.0243. The maximum absolute atomic E-state index is 9.70. The summed E-state index contributed by atoms with van der Waals surface area (Å²) in [5.41, 5.74) is 0.710. The van der Waals surface area contributed by atoms with Gasteiger partial charge in [-0.05, 0) is 24.3 Å². The molecule has 0 unspecified atom stereocenters. The minimum atomic E-state index is -1.21. The smallest absolute Gasteiger partial charge is 0.156 e. The van der Waals surface area contributed by atoms with E-state index in [4.69, 9.17) is 16.3 Å². The van der Waals surface area contributed by atoms with Gasteiger partial charge in [0.2, 0.25) is 0 Å². The molecule has 0 radical (unpaired) electrons. The molecule has 0 aliphatic carbocycles. The standard InChI is InChI=1S/C11H14ClNO4/c12-6-1-3-7(4-2-6)13-11-10(16)9(15)8(14)5-17-11/h1-4,8-11,13-16H,5H2/t8-,9+,10+,11-/m0/s1. The molecule has 0 spiro atoms. The van der Waals surface area contributed by atoms with Crippen LogP contribution >= 0.6 is 11.6 Å². The molecule has 5 nitrogen and oxygen atoms in total. The zero-order chi connectivity index (χ0) is 12.4. The Kier molecular flexibility index (Phi) is 3.86. The summed E-state index contributed by atoms with van der Waals surface area (Å²) >= 11 is 5.74. The summed E-state index contributed by atoms with van der Waals surface area (Å²) in [5.74, 6) is 0. The number of anilines is 1. The highest BCUT2D eigenvalue weighted by Gasteiger charge is 2.37. The lowest BCUT2D eigenvalue weighted by molar-refractivity contribution is -0.178. The molecule has 6 heteroatoms. The average molecular weight is 260 g/mol. The van der Waals surface area contributed by atoms with Gasteiger partial charge < -0.3 is 25.4 Å². The Balaban J connectivity index is 2.01. The molecule has 1 heterocycles. The number of rotatable bonds is 2. The molecule has 0 amide bonds. The molecule has 1 aromatic rings. The Morgan fingerprint density at radius 3 is 2.41 bits per heavy atom. The van der Waals surface area contributed by atoms with Crippen LogP contribution in [0.3, 0.4) is 0 Å². The van der Waals surface area contributed by atoms with Gasteiger partial charge >= 0.3 is 0 Å². The molecule has 1 aromatic carbocycles. The van der Waals surface area contributed by atoms with Crippen LogP contribution in [-0.2, 0) is 4.74 Å². The Bertz CT molecular complexity index is 372. The van der Waals surface area contributed by atoms with Crippen molar-refractivity contribution in [1.29, 1.82) is 0 Å². The first-order chi connectivity index (χ1) is 8.08. The van der Waals surface area contributed by atoms with E-state index in [0.717, 1.165) is 0 Å². The number of aliphatic hydroxyl groups excluding tert-OH is 3. The zero-order valence-electron chi connectivity index (χ0n) is 8.95. The van der Waals surface area contributed by atoms with E-state index in [-0.39, 0.29) is 6.61 Å². The highest BCUT2D eigenvalue weighted by Crippen LogP contribution is 2.19. The van der Waals surface area contributed by atoms with Gasteiger partial charge in [0.1, 0.15) is 18.3 Å². The van der Waals surface area contributed by atoms with Crippen LogP contribution in [0.25, 0.3) is 0 Å². The first kappa shape index (κ1) is 12.6. The number of aliphatic hydroxyl groups is 3. The monoisotopic (exact) mass is 259 g/mol. The fraction of sp³-hybridized carbons (Fsp3) is 0.455. The molecule has 1 fully saturated rings. The minimum absolute atomic E-state index is 0.0243. The number of hydrogen-bond donors (Lipinski definition) is 4. The summed E-state index contributed by atoms with van der Waals surface area (Å²) < 4.78 is 5.20. The van der Waals surface area contributed by atoms with E-state index in [9.17, 15) is 15.3 Å². The summed E-state index contributed by atoms with van der Waals surface area (Å²) in [6.07, 6.45) is -4.22. The van der Waals surface area contributed by atoms with Crippen molar-refractivity contribution in [3.8, 4) is 0 Å². The van der Waals surface area contributed by atoms with Gasteiger partial charge in [0, 0.05) is 10.7 Å². The van der Waals surface area contributed by atoms with Gasteiger partial charge in [0.15, 0.2) is 6.23 Å². The molecule has 1 aliphatic heterocycles. The second kappa shape index (κ2) is 5.20. The van der Waals surface area contributed by atoms with E-state index in [0.29, 0.717) is 10.7 Å². The van der Waals surface area contributed by atoms with E-state index in [2.05, 4.69) is 5.32 Å². The SMILES string of the molecule is O[C@@H]1[C@H](O)[C@@H](O)CO[C@@H]1Nc1ccc(Cl)cc1. The fourth-order valence-corrected chi connectivity index (χ4v) is 1.77. The predicted molar refractivity (Wildman–Crippen MR) is 62.8 cm³/mol. The molecule has 0 aromatic heterocycles. The van der Waals surface area contributed by atoms with Crippen molar-refractivity contribution in [2.45, 2.75) is 24.5 Å². The number of benzene rings is 1. The van der Waals surface area contributed by atoms with Gasteiger partial charge in [-0.2, -0.15) is 0 Å². The largest absolute Gasteiger partial charge is 0.388 e. The molecular formula is C11H14ClNO4. The zero-order valence-corrected chi connectivity index (χ0v) is 9.71. The fourth-order valence-electron chi connectivity index (χ4n) is 1.64. The van der Waals surface area contributed by atoms with E-state index in [1.54, 1.807) is 24.3 Å². The van der Waals surface area contributed by atoms with E-state index in [1.807, 2.05) is 0 Å². The number of nitrogens with one attached hydrogen (secondary N) is 1. The maximum Gasteiger partial charge on any atom is 0.156 e. The lowest BCUT2D eigenvalue weighted by atomic mass is 10.0. The summed E-state index contributed by atoms with van der Waals surface area (Å²) in [6, 6.07) is 6.86. The van der Waals surface area contributed by atoms with Crippen molar-refractivity contribution in [3.63, 3.8) is 0 Å². The van der Waals surface area contributed by atoms with Gasteiger partial charge in [0.25, 0.3) is 0 Å². The topological polar surface area (TPSA) is 82.0 Å². The average Bonchev–Trinajstić information content (AvgIpc) is 2.33. The molecule has 1 saturated heterocycles. The quantitative estimate of drug-likeness (QED) is 0.610. The van der Waals surface area contributed by atoms with Crippen molar-refractivity contribution in [2.75, 3.05) is 11.9 Å². The van der Waals surface area contributed by atoms with Crippen molar-refractivity contribution >= 4 is 17.3 Å². The van der Waals surface area contributed by atoms with E-state index < -0.39 is 24.5 Å². The van der Waals surface area contributed by atoms with E-state index >= 15 is 0 Å². The van der Waals surface area contributed by atoms with Crippen molar-refractivity contribution in [1.82, 2.24) is 0 Å². The maximum atomic E-state index is 9.70. The summed E-state index contributed by atoms with van der Waals surface area (Å²) in [4.78, 5) is 0. The Labute approximate surface area is 104 Å². The predicted octanol–water partition coefficient (Wildman–Crippen LogP) is 0.191. The number of halogens is 1. The summed E-state index contributed by atoms with van der Waals surface area (Å²) in [5, 5.41) is 32.0. The normalized spacial score (nSPS) is 33.4. The van der Waals surface area contributed by atoms with Gasteiger partial charge in [-0.1, -0.05) is 11.6 Å². The van der Waals surface area contributed by atoms with Crippen LogP contribution in [0.15, 0.2) is 24.3 Å². The molecule has 0 saturated carbocycles. The van der Waals surface area contributed by atoms with Gasteiger partial charge in [0.05, 0.1) is 6.61 Å². The van der Waals surface area contributed by atoms with Crippen molar-refractivity contribution < 1.29 is 20.1 Å². The lowest BCUT2D eigenvalue weighted by Crippen LogP contribution is -2.55. The van der Waals surface area contributed by atoms with Crippen LogP contribution in [0, 0.1) is 0 Å². The third-order valence-corrected chi connectivity index (χ3v) is 2.91. The molecule has 4 atom stereocenters. The first-order valence-corrected chi connectivity index (χ1v) is 5.63. The molecule has 0 bridgehead atoms. The van der Waals surface area contributed by atoms with Gasteiger partial charge in [-0.15, -0.1) is 0 Å². The van der Waals surface area contributed by atoms with Crippen LogP contribution < -0.4 is 5.32 Å². The number of hydrogen-bond acceptors (Lipinski definition) is 5.